The van der Waals surface area contributed by atoms with Crippen LogP contribution in [0.5, 0.6) is 5.75 Å². The second-order valence-corrected chi connectivity index (χ2v) is 14.2. The lowest BCUT2D eigenvalue weighted by Gasteiger charge is -2.43. The molecular formula is C35H40ClNO8S. The molecule has 0 bridgehead atoms. The summed E-state index contributed by atoms with van der Waals surface area (Å²) in [7, 11) is -2.60. The van der Waals surface area contributed by atoms with E-state index in [1.807, 2.05) is 31.2 Å². The fourth-order valence-corrected chi connectivity index (χ4v) is 7.29. The quantitative estimate of drug-likeness (QED) is 0.171. The minimum atomic E-state index is -4.04. The third kappa shape index (κ3) is 8.36. The molecule has 1 fully saturated rings. The lowest BCUT2D eigenvalue weighted by Crippen LogP contribution is -2.36. The zero-order valence-corrected chi connectivity index (χ0v) is 27.8. The molecule has 11 heteroatoms. The van der Waals surface area contributed by atoms with E-state index in [-0.39, 0.29) is 40.7 Å². The molecule has 0 aliphatic carbocycles. The van der Waals surface area contributed by atoms with E-state index in [2.05, 4.69) is 13.5 Å². The van der Waals surface area contributed by atoms with Crippen LogP contribution >= 0.6 is 11.6 Å². The van der Waals surface area contributed by atoms with E-state index in [1.165, 1.54) is 41.7 Å². The Morgan fingerprint density at radius 3 is 2.41 bits per heavy atom. The number of ether oxygens (including phenoxy) is 2. The summed E-state index contributed by atoms with van der Waals surface area (Å²) in [4.78, 5) is 22.7. The number of carboxylic acid groups (broad SMARTS) is 2. The van der Waals surface area contributed by atoms with Crippen LogP contribution in [0.15, 0.2) is 83.8 Å². The number of carboxylic acids is 2. The molecule has 9 nitrogen and oxygen atoms in total. The first kappa shape index (κ1) is 35.2. The second kappa shape index (κ2) is 15.3. The van der Waals surface area contributed by atoms with E-state index < -0.39 is 34.7 Å². The highest BCUT2D eigenvalue weighted by atomic mass is 35.5. The number of hydrogen-bond donors (Lipinski definition) is 2. The molecule has 3 aromatic carbocycles. The molecule has 4 rings (SSSR count). The number of aromatic carboxylic acids is 1. The number of hydrogen-bond acceptors (Lipinski definition) is 6. The first-order valence-electron chi connectivity index (χ1n) is 15.1. The van der Waals surface area contributed by atoms with Crippen LogP contribution in [0.25, 0.3) is 0 Å². The van der Waals surface area contributed by atoms with Gasteiger partial charge >= 0.3 is 11.9 Å². The van der Waals surface area contributed by atoms with E-state index in [0.717, 1.165) is 30.4 Å². The van der Waals surface area contributed by atoms with E-state index in [4.69, 9.17) is 21.1 Å². The van der Waals surface area contributed by atoms with Gasteiger partial charge in [-0.05, 0) is 73.4 Å². The minimum absolute atomic E-state index is 0.00353. The Morgan fingerprint density at radius 1 is 1.09 bits per heavy atom. The molecule has 0 amide bonds. The maximum absolute atomic E-state index is 13.8. The first-order chi connectivity index (χ1) is 21.8. The number of rotatable bonds is 14. The average molecular weight is 670 g/mol. The van der Waals surface area contributed by atoms with Crippen LogP contribution in [0.4, 0.5) is 0 Å². The lowest BCUT2D eigenvalue weighted by atomic mass is 9.74. The average Bonchev–Trinajstić information content (AvgIpc) is 3.02. The number of nitrogens with zero attached hydrogens (tertiary/aromatic N) is 1. The van der Waals surface area contributed by atoms with Crippen molar-refractivity contribution < 1.29 is 37.7 Å². The topological polar surface area (TPSA) is 130 Å². The minimum Gasteiger partial charge on any atom is -0.482 e. The van der Waals surface area contributed by atoms with Crippen LogP contribution in [-0.2, 0) is 26.1 Å². The number of halogens is 1. The molecule has 0 saturated carbocycles. The monoisotopic (exact) mass is 669 g/mol. The Kier molecular flexibility index (Phi) is 11.7. The fourth-order valence-electron chi connectivity index (χ4n) is 5.89. The van der Waals surface area contributed by atoms with Gasteiger partial charge < -0.3 is 19.7 Å². The Hall–Kier alpha value is -3.70. The van der Waals surface area contributed by atoms with Crippen molar-refractivity contribution in [2.75, 3.05) is 13.7 Å². The third-order valence-corrected chi connectivity index (χ3v) is 10.4. The predicted molar refractivity (Wildman–Crippen MR) is 176 cm³/mol. The summed E-state index contributed by atoms with van der Waals surface area (Å²) in [6.07, 6.45) is 2.44. The Morgan fingerprint density at radius 2 is 1.80 bits per heavy atom. The molecule has 246 valence electrons. The van der Waals surface area contributed by atoms with Gasteiger partial charge in [0.25, 0.3) is 0 Å². The van der Waals surface area contributed by atoms with E-state index >= 15 is 0 Å². The third-order valence-electron chi connectivity index (χ3n) is 8.35. The predicted octanol–water partition coefficient (Wildman–Crippen LogP) is 7.32. The molecule has 0 aromatic heterocycles. The SMILES string of the molecule is C=C(C)[C@@H]1CC(c2cccc(Cl)c2)[C@@H](CCCC)O[C@H]1c1cc(S(=O)(=O)N(C)Cc2ccc(C(=O)O)cc2)ccc1OCC(=O)O. The van der Waals surface area contributed by atoms with Crippen molar-refractivity contribution in [1.29, 1.82) is 0 Å². The van der Waals surface area contributed by atoms with Crippen molar-refractivity contribution in [3.63, 3.8) is 0 Å². The van der Waals surface area contributed by atoms with Crippen molar-refractivity contribution in [3.8, 4) is 5.75 Å². The van der Waals surface area contributed by atoms with Crippen LogP contribution in [0.1, 0.15) is 78.6 Å². The van der Waals surface area contributed by atoms with Gasteiger partial charge in [0, 0.05) is 36.0 Å². The van der Waals surface area contributed by atoms with Crippen molar-refractivity contribution in [2.24, 2.45) is 5.92 Å². The van der Waals surface area contributed by atoms with Gasteiger partial charge in [-0.25, -0.2) is 18.0 Å². The molecular weight excluding hydrogens is 630 g/mol. The number of sulfonamides is 1. The van der Waals surface area contributed by atoms with Gasteiger partial charge in [0.2, 0.25) is 10.0 Å². The molecule has 1 unspecified atom stereocenters. The zero-order valence-electron chi connectivity index (χ0n) is 26.2. The maximum Gasteiger partial charge on any atom is 0.341 e. The van der Waals surface area contributed by atoms with Gasteiger partial charge in [0.15, 0.2) is 6.61 Å². The molecule has 0 spiro atoms. The summed E-state index contributed by atoms with van der Waals surface area (Å²) in [6, 6.07) is 18.1. The summed E-state index contributed by atoms with van der Waals surface area (Å²) in [6.45, 7) is 7.66. The van der Waals surface area contributed by atoms with Gasteiger partial charge in [0.1, 0.15) is 5.75 Å². The van der Waals surface area contributed by atoms with Gasteiger partial charge in [-0.1, -0.05) is 67.8 Å². The molecule has 1 aliphatic heterocycles. The highest BCUT2D eigenvalue weighted by Gasteiger charge is 2.41. The molecule has 46 heavy (non-hydrogen) atoms. The molecule has 3 aromatic rings. The summed E-state index contributed by atoms with van der Waals surface area (Å²) in [5.74, 6) is -2.24. The van der Waals surface area contributed by atoms with Crippen LogP contribution in [0.3, 0.4) is 0 Å². The number of benzene rings is 3. The first-order valence-corrected chi connectivity index (χ1v) is 17.0. The smallest absolute Gasteiger partial charge is 0.341 e. The fraction of sp³-hybridized carbons (Fsp3) is 0.371. The summed E-state index contributed by atoms with van der Waals surface area (Å²) in [5.41, 5.74) is 3.03. The van der Waals surface area contributed by atoms with Crippen LogP contribution < -0.4 is 4.74 Å². The maximum atomic E-state index is 13.8. The normalized spacial score (nSPS) is 19.9. The van der Waals surface area contributed by atoms with Gasteiger partial charge in [0.05, 0.1) is 22.7 Å². The standard InChI is InChI=1S/C35H40ClNO8S/c1-5-6-10-32-29(25-8-7-9-26(36)17-25)19-28(22(2)3)34(45-32)30-18-27(15-16-31(30)44-21-33(38)39)46(42,43)37(4)20-23-11-13-24(14-12-23)35(40)41/h7-9,11-18,28-29,32,34H,2,5-6,10,19-21H2,1,3-4H3,(H,38,39)(H,40,41)/t28-,29?,32+,34+/m0/s1. The van der Waals surface area contributed by atoms with Gasteiger partial charge in [-0.2, -0.15) is 4.31 Å². The zero-order chi connectivity index (χ0) is 33.6. The number of unbranched alkanes of at least 4 members (excludes halogenated alkanes) is 1. The van der Waals surface area contributed by atoms with Crippen molar-refractivity contribution in [3.05, 3.63) is 106 Å². The summed E-state index contributed by atoms with van der Waals surface area (Å²) < 4.78 is 41.4. The van der Waals surface area contributed by atoms with E-state index in [1.54, 1.807) is 12.1 Å². The molecule has 2 N–H and O–H groups in total. The highest BCUT2D eigenvalue weighted by molar-refractivity contribution is 7.89. The van der Waals surface area contributed by atoms with Crippen molar-refractivity contribution in [2.45, 2.75) is 69.1 Å². The highest BCUT2D eigenvalue weighted by Crippen LogP contribution is 2.49. The van der Waals surface area contributed by atoms with Gasteiger partial charge in [-0.15, -0.1) is 0 Å². The van der Waals surface area contributed by atoms with E-state index in [0.29, 0.717) is 22.6 Å². The molecule has 1 aliphatic rings. The Labute approximate surface area is 275 Å². The largest absolute Gasteiger partial charge is 0.482 e. The number of aliphatic carboxylic acids is 1. The summed E-state index contributed by atoms with van der Waals surface area (Å²) >= 11 is 6.37. The summed E-state index contributed by atoms with van der Waals surface area (Å²) in [5, 5.41) is 19.2. The molecule has 0 radical (unpaired) electrons. The second-order valence-electron chi connectivity index (χ2n) is 11.7. The van der Waals surface area contributed by atoms with Crippen LogP contribution in [0.2, 0.25) is 5.02 Å². The lowest BCUT2D eigenvalue weighted by molar-refractivity contribution is -0.139. The Bertz CT molecular complexity index is 1670. The van der Waals surface area contributed by atoms with Crippen molar-refractivity contribution in [1.82, 2.24) is 4.31 Å². The Balaban J connectivity index is 1.74. The number of carbonyl (C=O) groups is 2. The molecule has 1 saturated heterocycles. The van der Waals surface area contributed by atoms with Gasteiger partial charge in [-0.3, -0.25) is 0 Å². The van der Waals surface area contributed by atoms with Crippen LogP contribution in [-0.4, -0.2) is 54.6 Å². The van der Waals surface area contributed by atoms with Crippen molar-refractivity contribution >= 4 is 33.6 Å². The van der Waals surface area contributed by atoms with Crippen LogP contribution in [0, 0.1) is 5.92 Å². The molecule has 1 heterocycles. The molecule has 4 atom stereocenters. The van der Waals surface area contributed by atoms with E-state index in [9.17, 15) is 28.2 Å².